The maximum Gasteiger partial charge on any atom is 0.255 e. The largest absolute Gasteiger partial charge is 0.338 e. The van der Waals surface area contributed by atoms with Crippen LogP contribution in [-0.2, 0) is 0 Å². The molecule has 1 aromatic carbocycles. The van der Waals surface area contributed by atoms with E-state index in [1.54, 1.807) is 11.8 Å². The standard InChI is InChI=1S/C13H16ClFN2O/c1-8-4-10(11(14)5-12(8)15)13(18)17-3-2-9(6-16)7-17/h4-5,9H,2-3,6-7,16H2,1H3. The molecule has 1 atom stereocenters. The van der Waals surface area contributed by atoms with Crippen LogP contribution in [0, 0.1) is 18.7 Å². The van der Waals surface area contributed by atoms with Gasteiger partial charge in [0.1, 0.15) is 5.82 Å². The third-order valence-electron chi connectivity index (χ3n) is 3.39. The Kier molecular flexibility index (Phi) is 3.88. The lowest BCUT2D eigenvalue weighted by Crippen LogP contribution is -2.30. The van der Waals surface area contributed by atoms with Crippen LogP contribution in [0.5, 0.6) is 0 Å². The number of benzene rings is 1. The monoisotopic (exact) mass is 270 g/mol. The van der Waals surface area contributed by atoms with E-state index in [9.17, 15) is 9.18 Å². The van der Waals surface area contributed by atoms with Crippen LogP contribution in [0.25, 0.3) is 0 Å². The maximum absolute atomic E-state index is 13.3. The number of halogens is 2. The van der Waals surface area contributed by atoms with Crippen LogP contribution in [0.1, 0.15) is 22.3 Å². The van der Waals surface area contributed by atoms with E-state index in [4.69, 9.17) is 17.3 Å². The highest BCUT2D eigenvalue weighted by molar-refractivity contribution is 6.33. The lowest BCUT2D eigenvalue weighted by Gasteiger charge is -2.17. The summed E-state index contributed by atoms with van der Waals surface area (Å²) in [5.74, 6) is -0.175. The number of nitrogens with two attached hydrogens (primary N) is 1. The quantitative estimate of drug-likeness (QED) is 0.896. The first-order chi connectivity index (χ1) is 8.52. The molecule has 1 heterocycles. The van der Waals surface area contributed by atoms with Crippen molar-refractivity contribution < 1.29 is 9.18 Å². The highest BCUT2D eigenvalue weighted by atomic mass is 35.5. The van der Waals surface area contributed by atoms with Crippen LogP contribution in [0.4, 0.5) is 4.39 Å². The second-order valence-electron chi connectivity index (χ2n) is 4.72. The summed E-state index contributed by atoms with van der Waals surface area (Å²) in [6, 6.07) is 2.70. The molecule has 1 saturated heterocycles. The smallest absolute Gasteiger partial charge is 0.255 e. The Labute approximate surface area is 111 Å². The summed E-state index contributed by atoms with van der Waals surface area (Å²) in [6.45, 7) is 3.55. The number of amides is 1. The molecule has 0 saturated carbocycles. The predicted octanol–water partition coefficient (Wildman–Crippen LogP) is 2.21. The summed E-state index contributed by atoms with van der Waals surface area (Å²) in [6.07, 6.45) is 0.917. The number of aryl methyl sites for hydroxylation is 1. The Morgan fingerprint density at radius 2 is 2.33 bits per heavy atom. The molecule has 1 aromatic rings. The molecule has 0 aromatic heterocycles. The Bertz CT molecular complexity index is 478. The second kappa shape index (κ2) is 5.24. The molecule has 1 fully saturated rings. The molecule has 0 radical (unpaired) electrons. The van der Waals surface area contributed by atoms with Crippen LogP contribution in [0.15, 0.2) is 12.1 Å². The first-order valence-electron chi connectivity index (χ1n) is 5.98. The molecule has 1 unspecified atom stereocenters. The van der Waals surface area contributed by atoms with Crippen LogP contribution in [-0.4, -0.2) is 30.4 Å². The van der Waals surface area contributed by atoms with E-state index in [0.717, 1.165) is 6.42 Å². The van der Waals surface area contributed by atoms with Gasteiger partial charge < -0.3 is 10.6 Å². The number of nitrogens with zero attached hydrogens (tertiary/aromatic N) is 1. The topological polar surface area (TPSA) is 46.3 Å². The third-order valence-corrected chi connectivity index (χ3v) is 3.70. The van der Waals surface area contributed by atoms with E-state index < -0.39 is 5.82 Å². The number of carbonyl (C=O) groups excluding carboxylic acids is 1. The van der Waals surface area contributed by atoms with Gasteiger partial charge in [0.2, 0.25) is 0 Å². The Morgan fingerprint density at radius 3 is 2.94 bits per heavy atom. The van der Waals surface area contributed by atoms with Crippen molar-refractivity contribution >= 4 is 17.5 Å². The molecule has 1 aliphatic heterocycles. The lowest BCUT2D eigenvalue weighted by molar-refractivity contribution is 0.0787. The van der Waals surface area contributed by atoms with E-state index in [1.165, 1.54) is 12.1 Å². The molecule has 2 N–H and O–H groups in total. The van der Waals surface area contributed by atoms with Gasteiger partial charge in [-0.2, -0.15) is 0 Å². The average molecular weight is 271 g/mol. The SMILES string of the molecule is Cc1cc(C(=O)N2CCC(CN)C2)c(Cl)cc1F. The van der Waals surface area contributed by atoms with Gasteiger partial charge in [-0.05, 0) is 43.5 Å². The minimum atomic E-state index is -0.391. The molecular weight excluding hydrogens is 255 g/mol. The van der Waals surface area contributed by atoms with E-state index in [0.29, 0.717) is 36.7 Å². The molecule has 5 heteroatoms. The highest BCUT2D eigenvalue weighted by Crippen LogP contribution is 2.24. The number of hydrogen-bond donors (Lipinski definition) is 1. The summed E-state index contributed by atoms with van der Waals surface area (Å²) in [5, 5.41) is 0.166. The summed E-state index contributed by atoms with van der Waals surface area (Å²) in [4.78, 5) is 14.0. The molecule has 1 amide bonds. The van der Waals surface area contributed by atoms with Gasteiger partial charge in [0.25, 0.3) is 5.91 Å². The first-order valence-corrected chi connectivity index (χ1v) is 6.35. The Hall–Kier alpha value is -1.13. The van der Waals surface area contributed by atoms with Crippen LogP contribution < -0.4 is 5.73 Å². The van der Waals surface area contributed by atoms with Gasteiger partial charge in [-0.15, -0.1) is 0 Å². The first kappa shape index (κ1) is 13.3. The zero-order chi connectivity index (χ0) is 13.3. The minimum absolute atomic E-state index is 0.140. The lowest BCUT2D eigenvalue weighted by atomic mass is 10.1. The molecular formula is C13H16ClFN2O. The number of hydrogen-bond acceptors (Lipinski definition) is 2. The van der Waals surface area contributed by atoms with Crippen LogP contribution >= 0.6 is 11.6 Å². The fourth-order valence-electron chi connectivity index (χ4n) is 2.20. The van der Waals surface area contributed by atoms with Crippen molar-refractivity contribution in [2.24, 2.45) is 11.7 Å². The minimum Gasteiger partial charge on any atom is -0.338 e. The Morgan fingerprint density at radius 1 is 1.61 bits per heavy atom. The molecule has 18 heavy (non-hydrogen) atoms. The fraction of sp³-hybridized carbons (Fsp3) is 0.462. The van der Waals surface area contributed by atoms with E-state index >= 15 is 0 Å². The molecule has 3 nitrogen and oxygen atoms in total. The molecule has 1 aliphatic rings. The van der Waals surface area contributed by atoms with Gasteiger partial charge in [0.15, 0.2) is 0 Å². The van der Waals surface area contributed by atoms with E-state index in [1.807, 2.05) is 0 Å². The fourth-order valence-corrected chi connectivity index (χ4v) is 2.43. The summed E-state index contributed by atoms with van der Waals surface area (Å²) >= 11 is 5.93. The molecule has 98 valence electrons. The number of likely N-dealkylation sites (tertiary alicyclic amines) is 1. The van der Waals surface area contributed by atoms with Crippen molar-refractivity contribution in [3.8, 4) is 0 Å². The Balaban J connectivity index is 2.22. The molecule has 0 spiro atoms. The maximum atomic E-state index is 13.3. The zero-order valence-electron chi connectivity index (χ0n) is 10.2. The average Bonchev–Trinajstić information content (AvgIpc) is 2.81. The zero-order valence-corrected chi connectivity index (χ0v) is 11.0. The molecule has 2 rings (SSSR count). The van der Waals surface area contributed by atoms with Crippen molar-refractivity contribution in [1.82, 2.24) is 4.90 Å². The normalized spacial score (nSPS) is 19.3. The second-order valence-corrected chi connectivity index (χ2v) is 5.13. The van der Waals surface area contributed by atoms with Crippen molar-refractivity contribution in [1.29, 1.82) is 0 Å². The van der Waals surface area contributed by atoms with Crippen LogP contribution in [0.3, 0.4) is 0 Å². The van der Waals surface area contributed by atoms with Gasteiger partial charge in [0, 0.05) is 13.1 Å². The predicted molar refractivity (Wildman–Crippen MR) is 69.2 cm³/mol. The van der Waals surface area contributed by atoms with Gasteiger partial charge in [-0.25, -0.2) is 4.39 Å². The van der Waals surface area contributed by atoms with Gasteiger partial charge >= 0.3 is 0 Å². The van der Waals surface area contributed by atoms with Crippen molar-refractivity contribution in [2.75, 3.05) is 19.6 Å². The van der Waals surface area contributed by atoms with Gasteiger partial charge in [0.05, 0.1) is 10.6 Å². The van der Waals surface area contributed by atoms with Crippen molar-refractivity contribution in [2.45, 2.75) is 13.3 Å². The number of carbonyl (C=O) groups is 1. The van der Waals surface area contributed by atoms with E-state index in [-0.39, 0.29) is 10.9 Å². The van der Waals surface area contributed by atoms with E-state index in [2.05, 4.69) is 0 Å². The molecule has 0 aliphatic carbocycles. The number of rotatable bonds is 2. The summed E-state index contributed by atoms with van der Waals surface area (Å²) < 4.78 is 13.3. The summed E-state index contributed by atoms with van der Waals surface area (Å²) in [7, 11) is 0. The highest BCUT2D eigenvalue weighted by Gasteiger charge is 2.27. The van der Waals surface area contributed by atoms with Crippen LogP contribution in [0.2, 0.25) is 5.02 Å². The van der Waals surface area contributed by atoms with Gasteiger partial charge in [-0.1, -0.05) is 11.6 Å². The van der Waals surface area contributed by atoms with Crippen molar-refractivity contribution in [3.05, 3.63) is 34.1 Å². The summed E-state index contributed by atoms with van der Waals surface area (Å²) in [5.41, 5.74) is 6.39. The molecule has 0 bridgehead atoms. The van der Waals surface area contributed by atoms with Gasteiger partial charge in [-0.3, -0.25) is 4.79 Å². The third kappa shape index (κ3) is 2.49. The van der Waals surface area contributed by atoms with Crippen molar-refractivity contribution in [3.63, 3.8) is 0 Å².